The van der Waals surface area contributed by atoms with Gasteiger partial charge in [-0.15, -0.1) is 0 Å². The lowest BCUT2D eigenvalue weighted by atomic mass is 10.1. The quantitative estimate of drug-likeness (QED) is 0.575. The van der Waals surface area contributed by atoms with E-state index in [9.17, 15) is 9.18 Å². The molecule has 0 atom stereocenters. The van der Waals surface area contributed by atoms with Crippen molar-refractivity contribution in [2.24, 2.45) is 0 Å². The van der Waals surface area contributed by atoms with E-state index in [1.807, 2.05) is 0 Å². The second-order valence-electron chi connectivity index (χ2n) is 2.67. The molecule has 0 heterocycles. The average Bonchev–Trinajstić information content (AvgIpc) is 2.11. The molecule has 0 N–H and O–H groups in total. The number of allylic oxidation sites excluding steroid dienone is 1. The van der Waals surface area contributed by atoms with E-state index < -0.39 is 0 Å². The van der Waals surface area contributed by atoms with E-state index in [4.69, 9.17) is 0 Å². The highest BCUT2D eigenvalue weighted by Crippen LogP contribution is 2.17. The molecule has 0 fully saturated rings. The predicted molar refractivity (Wildman–Crippen MR) is 53.8 cm³/mol. The number of carbonyl (C=O) groups is 1. The van der Waals surface area contributed by atoms with Gasteiger partial charge in [0.05, 0.1) is 0 Å². The minimum Gasteiger partial charge on any atom is -0.298 e. The third-order valence-electron chi connectivity index (χ3n) is 1.53. The van der Waals surface area contributed by atoms with Gasteiger partial charge in [-0.3, -0.25) is 4.79 Å². The first-order valence-electron chi connectivity index (χ1n) is 3.72. The first-order valence-corrected chi connectivity index (χ1v) is 4.51. The molecule has 0 radical (unpaired) electrons. The van der Waals surface area contributed by atoms with Crippen molar-refractivity contribution in [3.05, 3.63) is 39.6 Å². The largest absolute Gasteiger partial charge is 0.298 e. The predicted octanol–water partition coefficient (Wildman–Crippen LogP) is 3.19. The van der Waals surface area contributed by atoms with Crippen LogP contribution in [0.25, 0.3) is 6.08 Å². The summed E-state index contributed by atoms with van der Waals surface area (Å²) in [6, 6.07) is 4.60. The Hall–Kier alpha value is -0.960. The Kier molecular flexibility index (Phi) is 3.37. The highest BCUT2D eigenvalue weighted by Gasteiger charge is 1.99. The van der Waals surface area contributed by atoms with Crippen LogP contribution in [0.2, 0.25) is 0 Å². The van der Waals surface area contributed by atoms with Crippen LogP contribution < -0.4 is 0 Å². The van der Waals surface area contributed by atoms with E-state index in [1.165, 1.54) is 12.1 Å². The Morgan fingerprint density at radius 2 is 2.23 bits per heavy atom. The minimum atomic E-state index is -0.329. The molecule has 3 heteroatoms. The SMILES string of the molecule is CC(C=O)=Cc1cc(Br)ccc1F. The summed E-state index contributed by atoms with van der Waals surface area (Å²) in [6.45, 7) is 1.63. The highest BCUT2D eigenvalue weighted by atomic mass is 79.9. The Morgan fingerprint density at radius 3 is 2.85 bits per heavy atom. The van der Waals surface area contributed by atoms with Gasteiger partial charge in [0.1, 0.15) is 12.1 Å². The van der Waals surface area contributed by atoms with Gasteiger partial charge < -0.3 is 0 Å². The van der Waals surface area contributed by atoms with Crippen molar-refractivity contribution >= 4 is 28.3 Å². The van der Waals surface area contributed by atoms with Gasteiger partial charge >= 0.3 is 0 Å². The van der Waals surface area contributed by atoms with Crippen LogP contribution in [-0.2, 0) is 4.79 Å². The third kappa shape index (κ3) is 2.77. The molecule has 0 spiro atoms. The molecule has 0 aliphatic rings. The highest BCUT2D eigenvalue weighted by molar-refractivity contribution is 9.10. The van der Waals surface area contributed by atoms with Crippen LogP contribution >= 0.6 is 15.9 Å². The number of rotatable bonds is 2. The molecule has 0 aliphatic carbocycles. The fraction of sp³-hybridized carbons (Fsp3) is 0.100. The molecule has 0 aliphatic heterocycles. The molecule has 0 saturated heterocycles. The number of carbonyl (C=O) groups excluding carboxylic acids is 1. The fourth-order valence-corrected chi connectivity index (χ4v) is 1.28. The maximum absolute atomic E-state index is 13.1. The molecule has 13 heavy (non-hydrogen) atoms. The van der Waals surface area contributed by atoms with Crippen molar-refractivity contribution in [1.29, 1.82) is 0 Å². The molecular formula is C10H8BrFO. The zero-order chi connectivity index (χ0) is 9.84. The maximum Gasteiger partial charge on any atom is 0.145 e. The molecule has 0 aromatic heterocycles. The van der Waals surface area contributed by atoms with Gasteiger partial charge in [0.2, 0.25) is 0 Å². The standard InChI is InChI=1S/C10H8BrFO/c1-7(6-13)4-8-5-9(11)2-3-10(8)12/h2-6H,1H3. The molecule has 1 rings (SSSR count). The lowest BCUT2D eigenvalue weighted by Crippen LogP contribution is -1.84. The molecule has 0 amide bonds. The normalized spacial score (nSPS) is 11.5. The van der Waals surface area contributed by atoms with Crippen LogP contribution in [0.4, 0.5) is 4.39 Å². The van der Waals surface area contributed by atoms with Crippen LogP contribution in [0.3, 0.4) is 0 Å². The Labute approximate surface area is 84.4 Å². The monoisotopic (exact) mass is 242 g/mol. The second kappa shape index (κ2) is 4.33. The van der Waals surface area contributed by atoms with Crippen molar-refractivity contribution in [3.8, 4) is 0 Å². The number of benzene rings is 1. The number of aldehydes is 1. The smallest absolute Gasteiger partial charge is 0.145 e. The van der Waals surface area contributed by atoms with Crippen molar-refractivity contribution in [2.45, 2.75) is 6.92 Å². The molecule has 1 nitrogen and oxygen atoms in total. The number of hydrogen-bond donors (Lipinski definition) is 0. The molecule has 0 saturated carbocycles. The van der Waals surface area contributed by atoms with E-state index in [0.717, 1.165) is 4.47 Å². The first kappa shape index (κ1) is 10.1. The zero-order valence-corrected chi connectivity index (χ0v) is 8.64. The number of halogens is 2. The summed E-state index contributed by atoms with van der Waals surface area (Å²) in [7, 11) is 0. The molecule has 0 unspecified atom stereocenters. The van der Waals surface area contributed by atoms with Gasteiger partial charge in [0.15, 0.2) is 0 Å². The lowest BCUT2D eigenvalue weighted by molar-refractivity contribution is -0.104. The minimum absolute atomic E-state index is 0.329. The van der Waals surface area contributed by atoms with E-state index in [-0.39, 0.29) is 5.82 Å². The summed E-state index contributed by atoms with van der Waals surface area (Å²) in [4.78, 5) is 10.3. The van der Waals surface area contributed by atoms with Gasteiger partial charge in [-0.05, 0) is 36.8 Å². The number of hydrogen-bond acceptors (Lipinski definition) is 1. The summed E-state index contributed by atoms with van der Waals surface area (Å²) in [5, 5.41) is 0. The summed E-state index contributed by atoms with van der Waals surface area (Å²) in [5.74, 6) is -0.329. The van der Waals surface area contributed by atoms with Crippen molar-refractivity contribution in [2.75, 3.05) is 0 Å². The summed E-state index contributed by atoms with van der Waals surface area (Å²) in [6.07, 6.45) is 2.20. The van der Waals surface area contributed by atoms with E-state index in [2.05, 4.69) is 15.9 Å². The Morgan fingerprint density at radius 1 is 1.54 bits per heavy atom. The van der Waals surface area contributed by atoms with Crippen molar-refractivity contribution in [3.63, 3.8) is 0 Å². The van der Waals surface area contributed by atoms with E-state index in [0.29, 0.717) is 17.4 Å². The fourth-order valence-electron chi connectivity index (χ4n) is 0.905. The topological polar surface area (TPSA) is 17.1 Å². The first-order chi connectivity index (χ1) is 6.13. The molecule has 68 valence electrons. The van der Waals surface area contributed by atoms with Crippen LogP contribution in [0.15, 0.2) is 28.2 Å². The van der Waals surface area contributed by atoms with Gasteiger partial charge in [0.25, 0.3) is 0 Å². The lowest BCUT2D eigenvalue weighted by Gasteiger charge is -1.97. The summed E-state index contributed by atoms with van der Waals surface area (Å²) < 4.78 is 13.9. The molecule has 0 bridgehead atoms. The van der Waals surface area contributed by atoms with Crippen LogP contribution in [0.1, 0.15) is 12.5 Å². The Balaban J connectivity index is 3.13. The summed E-state index contributed by atoms with van der Waals surface area (Å²) in [5.41, 5.74) is 0.913. The van der Waals surface area contributed by atoms with Gasteiger partial charge in [-0.25, -0.2) is 4.39 Å². The van der Waals surface area contributed by atoms with E-state index in [1.54, 1.807) is 19.1 Å². The van der Waals surface area contributed by atoms with Gasteiger partial charge in [-0.2, -0.15) is 0 Å². The van der Waals surface area contributed by atoms with Crippen molar-refractivity contribution < 1.29 is 9.18 Å². The van der Waals surface area contributed by atoms with Gasteiger partial charge in [-0.1, -0.05) is 15.9 Å². The second-order valence-corrected chi connectivity index (χ2v) is 3.59. The maximum atomic E-state index is 13.1. The van der Waals surface area contributed by atoms with Crippen LogP contribution in [0, 0.1) is 5.82 Å². The molecular weight excluding hydrogens is 235 g/mol. The van der Waals surface area contributed by atoms with Crippen molar-refractivity contribution in [1.82, 2.24) is 0 Å². The molecule has 1 aromatic carbocycles. The third-order valence-corrected chi connectivity index (χ3v) is 2.02. The summed E-state index contributed by atoms with van der Waals surface area (Å²) >= 11 is 3.22. The average molecular weight is 243 g/mol. The Bertz CT molecular complexity index is 358. The van der Waals surface area contributed by atoms with Gasteiger partial charge in [0, 0.05) is 10.0 Å². The molecule has 1 aromatic rings. The zero-order valence-electron chi connectivity index (χ0n) is 7.05. The van der Waals surface area contributed by atoms with Crippen LogP contribution in [-0.4, -0.2) is 6.29 Å². The van der Waals surface area contributed by atoms with E-state index >= 15 is 0 Å². The van der Waals surface area contributed by atoms with Crippen LogP contribution in [0.5, 0.6) is 0 Å².